The highest BCUT2D eigenvalue weighted by Crippen LogP contribution is 2.10. The van der Waals surface area contributed by atoms with Gasteiger partial charge in [-0.15, -0.1) is 0 Å². The molecular formula is C18H34O3. The third-order valence-corrected chi connectivity index (χ3v) is 3.72. The molecule has 0 unspecified atom stereocenters. The molecule has 0 saturated carbocycles. The van der Waals surface area contributed by atoms with Crippen LogP contribution < -0.4 is 0 Å². The number of rotatable bonds is 15. The van der Waals surface area contributed by atoms with Gasteiger partial charge in [-0.1, -0.05) is 70.4 Å². The zero-order chi connectivity index (χ0) is 15.8. The highest BCUT2D eigenvalue weighted by molar-refractivity contribution is 5.66. The largest absolute Gasteiger partial charge is 0.481 e. The highest BCUT2D eigenvalue weighted by Gasteiger charge is 2.00. The summed E-state index contributed by atoms with van der Waals surface area (Å²) in [6.07, 6.45) is 17.4. The van der Waals surface area contributed by atoms with E-state index >= 15 is 0 Å². The van der Waals surface area contributed by atoms with Crippen LogP contribution in [-0.4, -0.2) is 22.3 Å². The van der Waals surface area contributed by atoms with Crippen LogP contribution in [0, 0.1) is 0 Å². The number of hydrogen-bond acceptors (Lipinski definition) is 2. The topological polar surface area (TPSA) is 57.5 Å². The van der Waals surface area contributed by atoms with Crippen molar-refractivity contribution in [2.45, 2.75) is 96.5 Å². The van der Waals surface area contributed by atoms with E-state index in [2.05, 4.69) is 13.0 Å². The molecule has 0 rings (SSSR count). The number of aliphatic hydroxyl groups excluding tert-OH is 1. The average Bonchev–Trinajstić information content (AvgIpc) is 2.45. The molecule has 0 amide bonds. The summed E-state index contributed by atoms with van der Waals surface area (Å²) in [5.74, 6) is -0.715. The number of unbranched alkanes of at least 4 members (excludes halogenated alkanes) is 9. The van der Waals surface area contributed by atoms with Gasteiger partial charge in [0.1, 0.15) is 0 Å². The Kier molecular flexibility index (Phi) is 14.9. The van der Waals surface area contributed by atoms with E-state index in [1.165, 1.54) is 38.5 Å². The minimum atomic E-state index is -0.715. The summed E-state index contributed by atoms with van der Waals surface area (Å²) in [6, 6.07) is 0. The monoisotopic (exact) mass is 298 g/mol. The molecule has 0 bridgehead atoms. The zero-order valence-electron chi connectivity index (χ0n) is 13.7. The fourth-order valence-electron chi connectivity index (χ4n) is 2.38. The maximum atomic E-state index is 10.3. The van der Waals surface area contributed by atoms with E-state index in [0.29, 0.717) is 0 Å². The predicted molar refractivity (Wildman–Crippen MR) is 88.5 cm³/mol. The molecule has 0 aliphatic heterocycles. The summed E-state index contributed by atoms with van der Waals surface area (Å²) in [5, 5.41) is 18.3. The Balaban J connectivity index is 3.30. The quantitative estimate of drug-likeness (QED) is 0.327. The summed E-state index contributed by atoms with van der Waals surface area (Å²) < 4.78 is 0. The predicted octanol–water partition coefficient (Wildman–Crippen LogP) is 5.08. The summed E-state index contributed by atoms with van der Waals surface area (Å²) >= 11 is 0. The van der Waals surface area contributed by atoms with Gasteiger partial charge in [0.2, 0.25) is 0 Å². The van der Waals surface area contributed by atoms with Gasteiger partial charge in [0.25, 0.3) is 0 Å². The normalized spacial score (nSPS) is 12.9. The number of carboxylic acid groups (broad SMARTS) is 1. The van der Waals surface area contributed by atoms with Crippen LogP contribution in [0.2, 0.25) is 0 Å². The molecule has 0 aromatic carbocycles. The minimum absolute atomic E-state index is 0.265. The lowest BCUT2D eigenvalue weighted by atomic mass is 10.1. The van der Waals surface area contributed by atoms with Crippen molar-refractivity contribution in [2.24, 2.45) is 0 Å². The summed E-state index contributed by atoms with van der Waals surface area (Å²) in [5.41, 5.74) is 0. The lowest BCUT2D eigenvalue weighted by Gasteiger charge is -2.05. The molecule has 0 saturated heterocycles. The summed E-state index contributed by atoms with van der Waals surface area (Å²) in [4.78, 5) is 10.3. The van der Waals surface area contributed by atoms with E-state index in [4.69, 9.17) is 5.11 Å². The Bertz CT molecular complexity index is 261. The smallest absolute Gasteiger partial charge is 0.303 e. The van der Waals surface area contributed by atoms with Gasteiger partial charge in [-0.2, -0.15) is 0 Å². The Hall–Kier alpha value is -0.830. The molecule has 3 heteroatoms. The van der Waals surface area contributed by atoms with E-state index in [1.807, 2.05) is 6.08 Å². The number of allylic oxidation sites excluding steroid dienone is 1. The fourth-order valence-corrected chi connectivity index (χ4v) is 2.38. The molecule has 0 aliphatic rings. The molecule has 1 atom stereocenters. The third-order valence-electron chi connectivity index (χ3n) is 3.72. The van der Waals surface area contributed by atoms with Gasteiger partial charge in [-0.05, 0) is 25.7 Å². The lowest BCUT2D eigenvalue weighted by Crippen LogP contribution is -2.01. The maximum absolute atomic E-state index is 10.3. The van der Waals surface area contributed by atoms with Crippen molar-refractivity contribution in [3.05, 3.63) is 12.2 Å². The minimum Gasteiger partial charge on any atom is -0.481 e. The first-order valence-corrected chi connectivity index (χ1v) is 8.73. The van der Waals surface area contributed by atoms with E-state index in [1.54, 1.807) is 0 Å². The van der Waals surface area contributed by atoms with Crippen molar-refractivity contribution >= 4 is 5.97 Å². The van der Waals surface area contributed by atoms with Crippen LogP contribution in [0.5, 0.6) is 0 Å². The fraction of sp³-hybridized carbons (Fsp3) is 0.833. The second-order valence-corrected chi connectivity index (χ2v) is 5.90. The number of carboxylic acids is 1. The molecule has 2 N–H and O–H groups in total. The van der Waals surface area contributed by atoms with Crippen LogP contribution in [0.3, 0.4) is 0 Å². The Morgan fingerprint density at radius 1 is 0.952 bits per heavy atom. The zero-order valence-corrected chi connectivity index (χ0v) is 13.7. The van der Waals surface area contributed by atoms with Gasteiger partial charge in [0.15, 0.2) is 0 Å². The summed E-state index contributed by atoms with van der Waals surface area (Å²) in [6.45, 7) is 2.23. The van der Waals surface area contributed by atoms with Crippen LogP contribution in [0.1, 0.15) is 90.4 Å². The van der Waals surface area contributed by atoms with Crippen LogP contribution in [0.15, 0.2) is 12.2 Å². The Morgan fingerprint density at radius 2 is 1.57 bits per heavy atom. The van der Waals surface area contributed by atoms with Gasteiger partial charge >= 0.3 is 5.97 Å². The van der Waals surface area contributed by atoms with Crippen molar-refractivity contribution in [3.8, 4) is 0 Å². The number of aliphatic hydroxyl groups is 1. The molecule has 0 aliphatic carbocycles. The van der Waals surface area contributed by atoms with E-state index in [9.17, 15) is 9.90 Å². The van der Waals surface area contributed by atoms with Crippen molar-refractivity contribution in [2.75, 3.05) is 0 Å². The first-order valence-electron chi connectivity index (χ1n) is 8.73. The number of carbonyl (C=O) groups is 1. The van der Waals surface area contributed by atoms with Crippen molar-refractivity contribution in [1.82, 2.24) is 0 Å². The van der Waals surface area contributed by atoms with Crippen LogP contribution in [-0.2, 0) is 4.79 Å². The highest BCUT2D eigenvalue weighted by atomic mass is 16.4. The molecule has 21 heavy (non-hydrogen) atoms. The van der Waals surface area contributed by atoms with Crippen LogP contribution in [0.25, 0.3) is 0 Å². The van der Waals surface area contributed by atoms with E-state index in [-0.39, 0.29) is 12.5 Å². The van der Waals surface area contributed by atoms with Gasteiger partial charge in [-0.3, -0.25) is 4.79 Å². The second kappa shape index (κ2) is 15.6. The van der Waals surface area contributed by atoms with Gasteiger partial charge < -0.3 is 10.2 Å². The Labute approximate surface area is 130 Å². The van der Waals surface area contributed by atoms with Crippen molar-refractivity contribution in [3.63, 3.8) is 0 Å². The van der Waals surface area contributed by atoms with Crippen LogP contribution in [0.4, 0.5) is 0 Å². The molecule has 3 nitrogen and oxygen atoms in total. The molecule has 0 heterocycles. The average molecular weight is 298 g/mol. The van der Waals surface area contributed by atoms with E-state index in [0.717, 1.165) is 38.5 Å². The van der Waals surface area contributed by atoms with Gasteiger partial charge in [0.05, 0.1) is 6.10 Å². The molecular weight excluding hydrogens is 264 g/mol. The molecule has 0 aromatic heterocycles. The third kappa shape index (κ3) is 17.1. The van der Waals surface area contributed by atoms with Gasteiger partial charge in [-0.25, -0.2) is 0 Å². The number of aliphatic carboxylic acids is 1. The molecule has 124 valence electrons. The SMILES string of the molecule is CCCCCCCC/C=C\[C@H](O)CCCCCCC(=O)O. The first kappa shape index (κ1) is 20.2. The molecule has 0 spiro atoms. The van der Waals surface area contributed by atoms with Crippen molar-refractivity contribution in [1.29, 1.82) is 0 Å². The van der Waals surface area contributed by atoms with Crippen molar-refractivity contribution < 1.29 is 15.0 Å². The lowest BCUT2D eigenvalue weighted by molar-refractivity contribution is -0.137. The Morgan fingerprint density at radius 3 is 2.29 bits per heavy atom. The maximum Gasteiger partial charge on any atom is 0.303 e. The number of hydrogen-bond donors (Lipinski definition) is 2. The van der Waals surface area contributed by atoms with Crippen LogP contribution >= 0.6 is 0 Å². The first-order chi connectivity index (χ1) is 10.2. The molecule has 0 radical (unpaired) electrons. The molecule has 0 fully saturated rings. The standard InChI is InChI=1S/C18H34O3/c1-2-3-4-5-6-7-8-11-14-17(19)15-12-9-10-13-16-18(20)21/h11,14,17,19H,2-10,12-13,15-16H2,1H3,(H,20,21)/b14-11-/t17-/m0/s1. The summed E-state index contributed by atoms with van der Waals surface area (Å²) in [7, 11) is 0. The molecule has 0 aromatic rings. The van der Waals surface area contributed by atoms with Gasteiger partial charge in [0, 0.05) is 6.42 Å². The van der Waals surface area contributed by atoms with E-state index < -0.39 is 5.97 Å². The second-order valence-electron chi connectivity index (χ2n) is 5.90.